The van der Waals surface area contributed by atoms with E-state index in [1.165, 1.54) is 18.2 Å². The van der Waals surface area contributed by atoms with Gasteiger partial charge in [0.05, 0.1) is 35.6 Å². The van der Waals surface area contributed by atoms with Crippen LogP contribution in [-0.4, -0.2) is 47.7 Å². The number of carbonyl (C=O) groups excluding carboxylic acids is 3. The number of aryl methyl sites for hydroxylation is 1. The maximum atomic E-state index is 13.9. The largest absolute Gasteiger partial charge is 0.463 e. The Kier molecular flexibility index (Phi) is 11.6. The molecule has 0 saturated carbocycles. The topological polar surface area (TPSA) is 101 Å². The van der Waals surface area contributed by atoms with Crippen LogP contribution in [0.3, 0.4) is 0 Å². The van der Waals surface area contributed by atoms with Crippen LogP contribution in [0.2, 0.25) is 0 Å². The molecule has 3 aromatic rings. The average molecular weight is 721 g/mol. The summed E-state index contributed by atoms with van der Waals surface area (Å²) >= 11 is 1.08. The third kappa shape index (κ3) is 8.80. The molecule has 5 rings (SSSR count). The third-order valence-electron chi connectivity index (χ3n) is 8.43. The van der Waals surface area contributed by atoms with Crippen molar-refractivity contribution in [3.05, 3.63) is 127 Å². The van der Waals surface area contributed by atoms with Crippen molar-refractivity contribution in [3.8, 4) is 0 Å². The lowest BCUT2D eigenvalue weighted by Crippen LogP contribution is -2.45. The Hall–Kier alpha value is -5.09. The number of thiophene rings is 1. The van der Waals surface area contributed by atoms with Crippen LogP contribution in [0.4, 0.5) is 18.0 Å². The highest BCUT2D eigenvalue weighted by atomic mass is 32.1. The molecule has 2 atom stereocenters. The van der Waals surface area contributed by atoms with Gasteiger partial charge >= 0.3 is 12.1 Å². The highest BCUT2D eigenvalue weighted by molar-refractivity contribution is 7.14. The van der Waals surface area contributed by atoms with E-state index in [0.29, 0.717) is 54.1 Å². The first-order valence-corrected chi connectivity index (χ1v) is 17.5. The standard InChI is InChI=1S/C38H39F3N4O5S/c1-6-49-36(47)32-31(29-17-18-30(51-29)35(46)43-21-23-11-15-25(40)26(41)20-23)33(42-5)27(16-12-22-9-13-24(39)14-10-22)44-34(32)28-8-7-19-45(28)37(48)50-38(2,3)4/h9-11,13-15,17-18,20,28,31,44H,6-8,12,16,19,21H2,1-4H3,(H,43,46)/t28-,31?/m0/s1. The lowest BCUT2D eigenvalue weighted by atomic mass is 9.84. The van der Waals surface area contributed by atoms with E-state index < -0.39 is 47.2 Å². The fourth-order valence-electron chi connectivity index (χ4n) is 6.13. The van der Waals surface area contributed by atoms with Crippen molar-refractivity contribution >= 4 is 29.3 Å². The summed E-state index contributed by atoms with van der Waals surface area (Å²) in [5.41, 5.74) is 1.76. The molecule has 0 radical (unpaired) electrons. The van der Waals surface area contributed by atoms with Gasteiger partial charge in [0.1, 0.15) is 11.4 Å². The Labute approximate surface area is 298 Å². The molecule has 2 amide bonds. The van der Waals surface area contributed by atoms with Crippen LogP contribution in [0.25, 0.3) is 4.85 Å². The number of allylic oxidation sites excluding steroid dienone is 2. The van der Waals surface area contributed by atoms with Gasteiger partial charge in [-0.15, -0.1) is 11.3 Å². The smallest absolute Gasteiger partial charge is 0.410 e. The molecular weight excluding hydrogens is 682 g/mol. The summed E-state index contributed by atoms with van der Waals surface area (Å²) in [5, 5.41) is 6.09. The van der Waals surface area contributed by atoms with Gasteiger partial charge in [-0.25, -0.2) is 27.6 Å². The van der Waals surface area contributed by atoms with E-state index in [2.05, 4.69) is 15.5 Å². The van der Waals surface area contributed by atoms with Crippen LogP contribution in [-0.2, 0) is 27.2 Å². The highest BCUT2D eigenvalue weighted by Gasteiger charge is 2.44. The number of ether oxygens (including phenoxy) is 2. The van der Waals surface area contributed by atoms with E-state index in [9.17, 15) is 27.6 Å². The Morgan fingerprint density at radius 2 is 1.75 bits per heavy atom. The zero-order chi connectivity index (χ0) is 36.9. The fraction of sp³-hybridized carbons (Fsp3) is 0.368. The number of dihydropyridines is 1. The number of hydrogen-bond acceptors (Lipinski definition) is 7. The molecular formula is C38H39F3N4O5S. The van der Waals surface area contributed by atoms with Crippen LogP contribution in [0.1, 0.15) is 78.6 Å². The summed E-state index contributed by atoms with van der Waals surface area (Å²) in [6.07, 6.45) is 1.38. The number of halogens is 3. The first-order chi connectivity index (χ1) is 24.3. The molecule has 51 heavy (non-hydrogen) atoms. The number of nitrogens with one attached hydrogen (secondary N) is 2. The van der Waals surface area contributed by atoms with Crippen molar-refractivity contribution in [2.24, 2.45) is 0 Å². The molecule has 0 spiro atoms. The molecule has 2 N–H and O–H groups in total. The van der Waals surface area contributed by atoms with Gasteiger partial charge in [0, 0.05) is 29.4 Å². The number of nitrogens with zero attached hydrogens (tertiary/aromatic N) is 2. The van der Waals surface area contributed by atoms with Crippen LogP contribution in [0.5, 0.6) is 0 Å². The molecule has 0 bridgehead atoms. The van der Waals surface area contributed by atoms with E-state index in [1.54, 1.807) is 56.9 Å². The van der Waals surface area contributed by atoms with Gasteiger partial charge in [-0.1, -0.05) is 18.2 Å². The van der Waals surface area contributed by atoms with Gasteiger partial charge < -0.3 is 20.1 Å². The Morgan fingerprint density at radius 3 is 2.41 bits per heavy atom. The molecule has 1 fully saturated rings. The number of esters is 1. The Bertz CT molecular complexity index is 1910. The Balaban J connectivity index is 1.56. The number of likely N-dealkylation sites (tertiary alicyclic amines) is 1. The van der Waals surface area contributed by atoms with E-state index in [-0.39, 0.29) is 35.1 Å². The van der Waals surface area contributed by atoms with Crippen molar-refractivity contribution < 1.29 is 37.0 Å². The van der Waals surface area contributed by atoms with Gasteiger partial charge in [-0.2, -0.15) is 0 Å². The quantitative estimate of drug-likeness (QED) is 0.164. The first-order valence-electron chi connectivity index (χ1n) is 16.6. The van der Waals surface area contributed by atoms with Crippen LogP contribution in [0.15, 0.2) is 77.3 Å². The van der Waals surface area contributed by atoms with Crippen LogP contribution >= 0.6 is 11.3 Å². The molecule has 1 unspecified atom stereocenters. The molecule has 1 saturated heterocycles. The minimum absolute atomic E-state index is 0.0549. The van der Waals surface area contributed by atoms with Crippen molar-refractivity contribution in [1.29, 1.82) is 0 Å². The number of hydrogen-bond donors (Lipinski definition) is 2. The van der Waals surface area contributed by atoms with Gasteiger partial charge in [0.25, 0.3) is 5.91 Å². The molecule has 268 valence electrons. The summed E-state index contributed by atoms with van der Waals surface area (Å²) in [7, 11) is 0. The maximum Gasteiger partial charge on any atom is 0.410 e. The molecule has 2 aromatic carbocycles. The lowest BCUT2D eigenvalue weighted by molar-refractivity contribution is -0.139. The summed E-state index contributed by atoms with van der Waals surface area (Å²) < 4.78 is 52.1. The number of amides is 2. The zero-order valence-electron chi connectivity index (χ0n) is 28.8. The van der Waals surface area contributed by atoms with Gasteiger partial charge in [-0.3, -0.25) is 9.69 Å². The van der Waals surface area contributed by atoms with E-state index in [1.807, 2.05) is 0 Å². The highest BCUT2D eigenvalue weighted by Crippen LogP contribution is 2.45. The van der Waals surface area contributed by atoms with E-state index in [0.717, 1.165) is 29.0 Å². The molecule has 2 aliphatic rings. The first kappa shape index (κ1) is 37.2. The molecule has 0 aliphatic carbocycles. The second kappa shape index (κ2) is 15.9. The number of benzene rings is 2. The fourth-order valence-corrected chi connectivity index (χ4v) is 7.17. The minimum atomic E-state index is -1.03. The van der Waals surface area contributed by atoms with Crippen LogP contribution < -0.4 is 10.6 Å². The van der Waals surface area contributed by atoms with Crippen molar-refractivity contribution in [1.82, 2.24) is 15.5 Å². The van der Waals surface area contributed by atoms with Gasteiger partial charge in [0.15, 0.2) is 17.3 Å². The molecule has 1 aromatic heterocycles. The van der Waals surface area contributed by atoms with E-state index >= 15 is 0 Å². The van der Waals surface area contributed by atoms with Crippen molar-refractivity contribution in [2.75, 3.05) is 13.2 Å². The lowest BCUT2D eigenvalue weighted by Gasteiger charge is -2.36. The van der Waals surface area contributed by atoms with Crippen molar-refractivity contribution in [3.63, 3.8) is 0 Å². The minimum Gasteiger partial charge on any atom is -0.463 e. The SMILES string of the molecule is [C-]#[N+]C1=C(CCc2ccc(F)cc2)NC([C@@H]2CCCN2C(=O)OC(C)(C)C)=C(C(=O)OCC)C1c1ccc(C(=O)NCc2ccc(F)c(F)c2)s1. The van der Waals surface area contributed by atoms with Gasteiger partial charge in [0.2, 0.25) is 0 Å². The average Bonchev–Trinajstić information content (AvgIpc) is 3.78. The molecule has 3 heterocycles. The predicted octanol–water partition coefficient (Wildman–Crippen LogP) is 7.76. The normalized spacial score (nSPS) is 17.6. The number of rotatable bonds is 10. The second-order valence-electron chi connectivity index (χ2n) is 13.2. The molecule has 13 heteroatoms. The summed E-state index contributed by atoms with van der Waals surface area (Å²) in [5.74, 6) is -4.49. The summed E-state index contributed by atoms with van der Waals surface area (Å²) in [6, 6.07) is 12.1. The number of carbonyl (C=O) groups is 3. The van der Waals surface area contributed by atoms with Gasteiger partial charge in [-0.05, 0) is 101 Å². The second-order valence-corrected chi connectivity index (χ2v) is 14.3. The van der Waals surface area contributed by atoms with E-state index in [4.69, 9.17) is 16.0 Å². The predicted molar refractivity (Wildman–Crippen MR) is 186 cm³/mol. The maximum absolute atomic E-state index is 13.9. The molecule has 2 aliphatic heterocycles. The summed E-state index contributed by atoms with van der Waals surface area (Å²) in [4.78, 5) is 46.9. The third-order valence-corrected chi connectivity index (χ3v) is 9.57. The molecule has 9 nitrogen and oxygen atoms in total. The van der Waals surface area contributed by atoms with Crippen LogP contribution in [0, 0.1) is 24.0 Å². The zero-order valence-corrected chi connectivity index (χ0v) is 29.6. The Morgan fingerprint density at radius 1 is 1.02 bits per heavy atom. The van der Waals surface area contributed by atoms with Crippen molar-refractivity contribution in [2.45, 2.75) is 77.5 Å². The monoisotopic (exact) mass is 720 g/mol. The summed E-state index contributed by atoms with van der Waals surface area (Å²) in [6.45, 7) is 15.7.